The second-order valence-electron chi connectivity index (χ2n) is 7.73. The fourth-order valence-electron chi connectivity index (χ4n) is 3.71. The first kappa shape index (κ1) is 21.4. The number of benzene rings is 3. The molecule has 0 spiro atoms. The maximum absolute atomic E-state index is 5.92. The van der Waals surface area contributed by atoms with Crippen LogP contribution in [0.15, 0.2) is 79.4 Å². The van der Waals surface area contributed by atoms with Gasteiger partial charge in [0.05, 0.1) is 6.61 Å². The van der Waals surface area contributed by atoms with Crippen molar-refractivity contribution in [2.45, 2.75) is 20.3 Å². The molecule has 0 fully saturated rings. The summed E-state index contributed by atoms with van der Waals surface area (Å²) < 4.78 is 7.20. The highest BCUT2D eigenvalue weighted by atomic mass is 32.1. The van der Waals surface area contributed by atoms with Crippen LogP contribution in [0.4, 0.5) is 0 Å². The molecule has 2 nitrogen and oxygen atoms in total. The Morgan fingerprint density at radius 2 is 1.71 bits per heavy atom. The van der Waals surface area contributed by atoms with Gasteiger partial charge in [0.15, 0.2) is 0 Å². The zero-order chi connectivity index (χ0) is 21.6. The van der Waals surface area contributed by atoms with Crippen LogP contribution in [0.2, 0.25) is 0 Å². The number of hydrogen-bond acceptors (Lipinski definition) is 3. The number of thiophene rings is 1. The van der Waals surface area contributed by atoms with Crippen molar-refractivity contribution in [2.75, 3.05) is 19.7 Å². The minimum atomic E-state index is 0.725. The molecule has 1 aromatic heterocycles. The van der Waals surface area contributed by atoms with E-state index in [0.29, 0.717) is 0 Å². The second kappa shape index (κ2) is 9.95. The van der Waals surface area contributed by atoms with Crippen molar-refractivity contribution in [3.63, 3.8) is 0 Å². The Hall–Kier alpha value is -2.88. The van der Waals surface area contributed by atoms with E-state index in [-0.39, 0.29) is 0 Å². The quantitative estimate of drug-likeness (QED) is 0.283. The zero-order valence-electron chi connectivity index (χ0n) is 18.3. The molecule has 3 heteroatoms. The average molecular weight is 428 g/mol. The molecule has 0 radical (unpaired) electrons. The van der Waals surface area contributed by atoms with Gasteiger partial charge in [-0.3, -0.25) is 0 Å². The first-order valence-electron chi connectivity index (χ1n) is 10.9. The van der Waals surface area contributed by atoms with Crippen molar-refractivity contribution in [1.29, 1.82) is 0 Å². The van der Waals surface area contributed by atoms with Crippen LogP contribution in [0, 0.1) is 6.92 Å². The molecule has 0 aliphatic heterocycles. The van der Waals surface area contributed by atoms with Crippen LogP contribution in [0.1, 0.15) is 29.3 Å². The molecule has 0 unspecified atom stereocenters. The maximum atomic E-state index is 5.92. The van der Waals surface area contributed by atoms with Crippen LogP contribution in [-0.4, -0.2) is 19.7 Å². The fraction of sp³-hybridized carbons (Fsp3) is 0.214. The fourth-order valence-corrected chi connectivity index (χ4v) is 4.93. The molecule has 0 aliphatic carbocycles. The van der Waals surface area contributed by atoms with Crippen LogP contribution in [0.25, 0.3) is 26.8 Å². The smallest absolute Gasteiger partial charge is 0.119 e. The molecule has 0 bridgehead atoms. The first-order valence-corrected chi connectivity index (χ1v) is 11.7. The standard InChI is InChI=1S/C28H29NOS/c1-4-29-18-7-19-30-24-16-14-23(15-17-24)27-25-8-5-6-9-26(25)31-28(27)21(3)22-12-10-20(2)11-13-22/h5-6,8-17,29H,3-4,7,18-19H2,1-2H3. The highest BCUT2D eigenvalue weighted by molar-refractivity contribution is 7.20. The van der Waals surface area contributed by atoms with Gasteiger partial charge in [-0.25, -0.2) is 0 Å². The molecule has 3 aromatic carbocycles. The van der Waals surface area contributed by atoms with E-state index in [1.165, 1.54) is 37.2 Å². The lowest BCUT2D eigenvalue weighted by molar-refractivity contribution is 0.309. The molecule has 0 atom stereocenters. The Morgan fingerprint density at radius 1 is 0.968 bits per heavy atom. The van der Waals surface area contributed by atoms with E-state index in [4.69, 9.17) is 4.74 Å². The van der Waals surface area contributed by atoms with Gasteiger partial charge in [0.2, 0.25) is 0 Å². The summed E-state index contributed by atoms with van der Waals surface area (Å²) in [4.78, 5) is 1.23. The minimum Gasteiger partial charge on any atom is -0.494 e. The molecular formula is C28H29NOS. The van der Waals surface area contributed by atoms with Crippen LogP contribution >= 0.6 is 11.3 Å². The van der Waals surface area contributed by atoms with Crippen molar-refractivity contribution in [2.24, 2.45) is 0 Å². The number of fused-ring (bicyclic) bond motifs is 1. The summed E-state index contributed by atoms with van der Waals surface area (Å²) >= 11 is 1.81. The highest BCUT2D eigenvalue weighted by Crippen LogP contribution is 2.43. The van der Waals surface area contributed by atoms with Gasteiger partial charge in [-0.2, -0.15) is 0 Å². The van der Waals surface area contributed by atoms with Gasteiger partial charge in [0.25, 0.3) is 0 Å². The van der Waals surface area contributed by atoms with E-state index >= 15 is 0 Å². The summed E-state index contributed by atoms with van der Waals surface area (Å²) in [5, 5.41) is 4.60. The summed E-state index contributed by atoms with van der Waals surface area (Å²) in [7, 11) is 0. The number of nitrogens with one attached hydrogen (secondary N) is 1. The van der Waals surface area contributed by atoms with Gasteiger partial charge in [0.1, 0.15) is 5.75 Å². The van der Waals surface area contributed by atoms with Crippen molar-refractivity contribution in [3.8, 4) is 16.9 Å². The maximum Gasteiger partial charge on any atom is 0.119 e. The molecule has 0 saturated heterocycles. The molecule has 4 aromatic rings. The van der Waals surface area contributed by atoms with Gasteiger partial charge >= 0.3 is 0 Å². The lowest BCUT2D eigenvalue weighted by Crippen LogP contribution is -2.16. The summed E-state index contributed by atoms with van der Waals surface area (Å²) in [6.07, 6.45) is 1.01. The Labute approximate surface area is 189 Å². The summed E-state index contributed by atoms with van der Waals surface area (Å²) in [6.45, 7) is 11.4. The zero-order valence-corrected chi connectivity index (χ0v) is 19.1. The van der Waals surface area contributed by atoms with Gasteiger partial charge in [-0.15, -0.1) is 11.3 Å². The van der Waals surface area contributed by atoms with Crippen LogP contribution < -0.4 is 10.1 Å². The predicted molar refractivity (Wildman–Crippen MR) is 135 cm³/mol. The monoisotopic (exact) mass is 427 g/mol. The molecule has 1 heterocycles. The van der Waals surface area contributed by atoms with E-state index < -0.39 is 0 Å². The molecule has 4 rings (SSSR count). The first-order chi connectivity index (χ1) is 15.2. The van der Waals surface area contributed by atoms with Crippen LogP contribution in [0.5, 0.6) is 5.75 Å². The lowest BCUT2D eigenvalue weighted by Gasteiger charge is -2.11. The molecule has 158 valence electrons. The third kappa shape index (κ3) is 4.90. The van der Waals surface area contributed by atoms with Gasteiger partial charge in [-0.05, 0) is 61.3 Å². The van der Waals surface area contributed by atoms with Crippen LogP contribution in [0.3, 0.4) is 0 Å². The molecule has 1 N–H and O–H groups in total. The Bertz CT molecular complexity index is 1160. The Balaban J connectivity index is 1.64. The van der Waals surface area contributed by atoms with E-state index in [1.54, 1.807) is 0 Å². The van der Waals surface area contributed by atoms with Gasteiger partial charge < -0.3 is 10.1 Å². The minimum absolute atomic E-state index is 0.725. The van der Waals surface area contributed by atoms with E-state index in [1.807, 2.05) is 11.3 Å². The van der Waals surface area contributed by atoms with Crippen molar-refractivity contribution in [3.05, 3.63) is 95.4 Å². The summed E-state index contributed by atoms with van der Waals surface area (Å²) in [6, 6.07) is 25.7. The van der Waals surface area contributed by atoms with E-state index in [2.05, 4.69) is 98.5 Å². The largest absolute Gasteiger partial charge is 0.494 e. The number of ether oxygens (including phenoxy) is 1. The summed E-state index contributed by atoms with van der Waals surface area (Å²) in [5.74, 6) is 0.915. The number of rotatable bonds is 9. The molecule has 0 aliphatic rings. The molecule has 0 saturated carbocycles. The third-order valence-corrected chi connectivity index (χ3v) is 6.66. The summed E-state index contributed by atoms with van der Waals surface area (Å²) in [5.41, 5.74) is 5.94. The topological polar surface area (TPSA) is 21.3 Å². The Kier molecular flexibility index (Phi) is 6.86. The SMILES string of the molecule is C=C(c1ccc(C)cc1)c1sc2ccccc2c1-c1ccc(OCCCNCC)cc1. The molecular weight excluding hydrogens is 398 g/mol. The molecule has 31 heavy (non-hydrogen) atoms. The number of hydrogen-bond donors (Lipinski definition) is 1. The molecule has 0 amide bonds. The van der Waals surface area contributed by atoms with Crippen molar-refractivity contribution >= 4 is 27.0 Å². The predicted octanol–water partition coefficient (Wildman–Crippen LogP) is 7.32. The van der Waals surface area contributed by atoms with Crippen molar-refractivity contribution in [1.82, 2.24) is 5.32 Å². The van der Waals surface area contributed by atoms with E-state index in [0.717, 1.165) is 37.4 Å². The van der Waals surface area contributed by atoms with Gasteiger partial charge in [0, 0.05) is 20.5 Å². The highest BCUT2D eigenvalue weighted by Gasteiger charge is 2.17. The third-order valence-electron chi connectivity index (χ3n) is 5.43. The van der Waals surface area contributed by atoms with Crippen LogP contribution in [-0.2, 0) is 0 Å². The average Bonchev–Trinajstić information content (AvgIpc) is 3.19. The normalized spacial score (nSPS) is 11.0. The number of aryl methyl sites for hydroxylation is 1. The second-order valence-corrected chi connectivity index (χ2v) is 8.78. The Morgan fingerprint density at radius 3 is 2.45 bits per heavy atom. The van der Waals surface area contributed by atoms with E-state index in [9.17, 15) is 0 Å². The van der Waals surface area contributed by atoms with Crippen molar-refractivity contribution < 1.29 is 4.74 Å². The lowest BCUT2D eigenvalue weighted by atomic mass is 9.96. The van der Waals surface area contributed by atoms with Gasteiger partial charge in [-0.1, -0.05) is 73.7 Å².